The molecule has 2 nitrogen and oxygen atoms in total. The fraction of sp³-hybridized carbons (Fsp3) is 0.538. The molecule has 1 aromatic rings. The number of rotatable bonds is 2. The van der Waals surface area contributed by atoms with Crippen LogP contribution in [0.2, 0.25) is 0 Å². The third-order valence-corrected chi connectivity index (χ3v) is 3.33. The predicted molar refractivity (Wildman–Crippen MR) is 61.9 cm³/mol. The number of halogens is 3. The van der Waals surface area contributed by atoms with Crippen molar-refractivity contribution in [3.63, 3.8) is 0 Å². The van der Waals surface area contributed by atoms with Crippen LogP contribution >= 0.6 is 0 Å². The summed E-state index contributed by atoms with van der Waals surface area (Å²) >= 11 is 0. The Balaban J connectivity index is 2.26. The smallest absolute Gasteiger partial charge is 0.381 e. The summed E-state index contributed by atoms with van der Waals surface area (Å²) in [5.41, 5.74) is 5.52. The van der Waals surface area contributed by atoms with Crippen LogP contribution in [-0.2, 0) is 10.9 Å². The highest BCUT2D eigenvalue weighted by Gasteiger charge is 2.36. The quantitative estimate of drug-likeness (QED) is 0.885. The van der Waals surface area contributed by atoms with E-state index >= 15 is 0 Å². The lowest BCUT2D eigenvalue weighted by molar-refractivity contribution is -0.138. The van der Waals surface area contributed by atoms with E-state index in [-0.39, 0.29) is 11.5 Å². The zero-order chi connectivity index (χ0) is 13.2. The summed E-state index contributed by atoms with van der Waals surface area (Å²) in [7, 11) is 0. The van der Waals surface area contributed by atoms with Crippen LogP contribution in [0.3, 0.4) is 0 Å². The second kappa shape index (κ2) is 5.28. The molecule has 0 radical (unpaired) electrons. The largest absolute Gasteiger partial charge is 0.416 e. The van der Waals surface area contributed by atoms with Crippen molar-refractivity contribution in [2.24, 2.45) is 11.7 Å². The first-order valence-electron chi connectivity index (χ1n) is 5.99. The maximum Gasteiger partial charge on any atom is 0.416 e. The molecule has 5 heteroatoms. The first kappa shape index (κ1) is 13.4. The third-order valence-electron chi connectivity index (χ3n) is 3.33. The van der Waals surface area contributed by atoms with Crippen LogP contribution in [0.1, 0.15) is 30.0 Å². The lowest BCUT2D eigenvalue weighted by Gasteiger charge is -2.29. The molecular formula is C13H16F3NO. The van der Waals surface area contributed by atoms with Crippen molar-refractivity contribution in [3.8, 4) is 0 Å². The van der Waals surface area contributed by atoms with E-state index in [9.17, 15) is 13.2 Å². The van der Waals surface area contributed by atoms with Crippen LogP contribution in [0.15, 0.2) is 24.3 Å². The molecule has 100 valence electrons. The zero-order valence-corrected chi connectivity index (χ0v) is 9.91. The van der Waals surface area contributed by atoms with Crippen LogP contribution < -0.4 is 5.73 Å². The fourth-order valence-corrected chi connectivity index (χ4v) is 2.35. The van der Waals surface area contributed by atoms with E-state index in [1.165, 1.54) is 12.1 Å². The van der Waals surface area contributed by atoms with Crippen molar-refractivity contribution in [1.29, 1.82) is 0 Å². The van der Waals surface area contributed by atoms with Crippen molar-refractivity contribution in [3.05, 3.63) is 35.4 Å². The molecule has 1 saturated heterocycles. The van der Waals surface area contributed by atoms with Gasteiger partial charge < -0.3 is 10.5 Å². The van der Waals surface area contributed by atoms with Crippen LogP contribution in [0.5, 0.6) is 0 Å². The minimum absolute atomic E-state index is 0.0396. The maximum atomic E-state index is 12.9. The molecule has 18 heavy (non-hydrogen) atoms. The molecule has 2 atom stereocenters. The lowest BCUT2D eigenvalue weighted by atomic mass is 9.87. The van der Waals surface area contributed by atoms with Crippen LogP contribution in [0.25, 0.3) is 0 Å². The van der Waals surface area contributed by atoms with Crippen molar-refractivity contribution in [2.75, 3.05) is 13.2 Å². The summed E-state index contributed by atoms with van der Waals surface area (Å²) in [5.74, 6) is -0.0396. The van der Waals surface area contributed by atoms with E-state index in [1.807, 2.05) is 0 Å². The standard InChI is InChI=1S/C13H16F3NO/c14-13(15,16)11-6-2-1-5-10(11)12(17)9-4-3-7-18-8-9/h1-2,5-6,9,12H,3-4,7-8,17H2. The van der Waals surface area contributed by atoms with Gasteiger partial charge in [-0.2, -0.15) is 13.2 Å². The summed E-state index contributed by atoms with van der Waals surface area (Å²) in [4.78, 5) is 0. The molecule has 1 fully saturated rings. The number of alkyl halides is 3. The highest BCUT2D eigenvalue weighted by atomic mass is 19.4. The van der Waals surface area contributed by atoms with E-state index in [0.29, 0.717) is 13.2 Å². The van der Waals surface area contributed by atoms with Gasteiger partial charge in [-0.1, -0.05) is 18.2 Å². The fourth-order valence-electron chi connectivity index (χ4n) is 2.35. The Kier molecular flexibility index (Phi) is 3.92. The molecule has 0 amide bonds. The topological polar surface area (TPSA) is 35.2 Å². The highest BCUT2D eigenvalue weighted by Crippen LogP contribution is 2.37. The summed E-state index contributed by atoms with van der Waals surface area (Å²) in [6.07, 6.45) is -2.69. The van der Waals surface area contributed by atoms with Crippen LogP contribution in [0, 0.1) is 5.92 Å². The van der Waals surface area contributed by atoms with Crippen LogP contribution in [-0.4, -0.2) is 13.2 Å². The van der Waals surface area contributed by atoms with Crippen molar-refractivity contribution in [2.45, 2.75) is 25.1 Å². The number of hydrogen-bond donors (Lipinski definition) is 1. The van der Waals surface area contributed by atoms with Gasteiger partial charge in [0.05, 0.1) is 12.2 Å². The summed E-state index contributed by atoms with van der Waals surface area (Å²) < 4.78 is 44.0. The Hall–Kier alpha value is -1.07. The molecular weight excluding hydrogens is 243 g/mol. The van der Waals surface area contributed by atoms with Gasteiger partial charge in [0, 0.05) is 18.6 Å². The third kappa shape index (κ3) is 2.84. The van der Waals surface area contributed by atoms with Gasteiger partial charge in [0.2, 0.25) is 0 Å². The second-order valence-electron chi connectivity index (χ2n) is 4.59. The average Bonchev–Trinajstić information content (AvgIpc) is 2.38. The summed E-state index contributed by atoms with van der Waals surface area (Å²) in [6, 6.07) is 4.90. The van der Waals surface area contributed by atoms with Crippen molar-refractivity contribution < 1.29 is 17.9 Å². The molecule has 2 rings (SSSR count). The number of nitrogens with two attached hydrogens (primary N) is 1. The van der Waals surface area contributed by atoms with Gasteiger partial charge in [-0.3, -0.25) is 0 Å². The molecule has 1 heterocycles. The van der Waals surface area contributed by atoms with Gasteiger partial charge in [-0.15, -0.1) is 0 Å². The summed E-state index contributed by atoms with van der Waals surface area (Å²) in [5, 5.41) is 0. The van der Waals surface area contributed by atoms with Gasteiger partial charge in [-0.25, -0.2) is 0 Å². The van der Waals surface area contributed by atoms with Gasteiger partial charge in [0.15, 0.2) is 0 Å². The summed E-state index contributed by atoms with van der Waals surface area (Å²) in [6.45, 7) is 1.11. The lowest BCUT2D eigenvalue weighted by Crippen LogP contribution is -2.30. The Morgan fingerprint density at radius 2 is 2.00 bits per heavy atom. The molecule has 1 aliphatic heterocycles. The van der Waals surface area contributed by atoms with Crippen LogP contribution in [0.4, 0.5) is 13.2 Å². The maximum absolute atomic E-state index is 12.9. The normalized spacial score (nSPS) is 22.8. The van der Waals surface area contributed by atoms with E-state index in [0.717, 1.165) is 18.9 Å². The van der Waals surface area contributed by atoms with Gasteiger partial charge in [0.1, 0.15) is 0 Å². The number of ether oxygens (including phenoxy) is 1. The van der Waals surface area contributed by atoms with E-state index in [1.54, 1.807) is 6.07 Å². The minimum atomic E-state index is -4.36. The van der Waals surface area contributed by atoms with Gasteiger partial charge in [-0.05, 0) is 24.5 Å². The molecule has 0 aromatic heterocycles. The minimum Gasteiger partial charge on any atom is -0.381 e. The average molecular weight is 259 g/mol. The predicted octanol–water partition coefficient (Wildman–Crippen LogP) is 3.13. The first-order valence-corrected chi connectivity index (χ1v) is 5.99. The van der Waals surface area contributed by atoms with E-state index < -0.39 is 17.8 Å². The second-order valence-corrected chi connectivity index (χ2v) is 4.59. The van der Waals surface area contributed by atoms with Crippen molar-refractivity contribution >= 4 is 0 Å². The Morgan fingerprint density at radius 1 is 1.28 bits per heavy atom. The number of hydrogen-bond acceptors (Lipinski definition) is 2. The molecule has 0 aliphatic carbocycles. The molecule has 0 bridgehead atoms. The molecule has 1 aliphatic rings. The zero-order valence-electron chi connectivity index (χ0n) is 9.91. The molecule has 2 N–H and O–H groups in total. The first-order chi connectivity index (χ1) is 8.50. The monoisotopic (exact) mass is 259 g/mol. The Morgan fingerprint density at radius 3 is 2.61 bits per heavy atom. The van der Waals surface area contributed by atoms with Crippen molar-refractivity contribution in [1.82, 2.24) is 0 Å². The molecule has 0 saturated carbocycles. The Bertz CT molecular complexity index is 399. The van der Waals surface area contributed by atoms with Gasteiger partial charge >= 0.3 is 6.18 Å². The molecule has 2 unspecified atom stereocenters. The SMILES string of the molecule is NC(c1ccccc1C(F)(F)F)C1CCCOC1. The van der Waals surface area contributed by atoms with E-state index in [2.05, 4.69) is 0 Å². The molecule has 0 spiro atoms. The molecule has 1 aromatic carbocycles. The van der Waals surface area contributed by atoms with Gasteiger partial charge in [0.25, 0.3) is 0 Å². The number of benzene rings is 1. The highest BCUT2D eigenvalue weighted by molar-refractivity contribution is 5.32. The van der Waals surface area contributed by atoms with E-state index in [4.69, 9.17) is 10.5 Å². The Labute approximate surface area is 104 Å².